The van der Waals surface area contributed by atoms with Gasteiger partial charge >= 0.3 is 6.09 Å². The SMILES string of the molecule is Cc1ccccc1C1CCN(C(=S(=O)=O)C2(C(=O)NO)CCN(C(=O)OC3COCC3(C)C)CC2)CC1. The zero-order valence-corrected chi connectivity index (χ0v) is 22.6. The molecule has 3 heterocycles. The van der Waals surface area contributed by atoms with Crippen LogP contribution in [0.1, 0.15) is 56.6 Å². The lowest BCUT2D eigenvalue weighted by Gasteiger charge is -2.44. The number of aryl methyl sites for hydroxylation is 1. The van der Waals surface area contributed by atoms with Crippen LogP contribution in [0.4, 0.5) is 4.79 Å². The molecule has 0 radical (unpaired) electrons. The number of carbonyl (C=O) groups is 2. The van der Waals surface area contributed by atoms with Crippen molar-refractivity contribution < 1.29 is 32.7 Å². The fourth-order valence-corrected chi connectivity index (χ4v) is 6.87. The Bertz CT molecular complexity index is 1140. The lowest BCUT2D eigenvalue weighted by Crippen LogP contribution is -2.59. The van der Waals surface area contributed by atoms with E-state index in [0.717, 1.165) is 12.8 Å². The minimum atomic E-state index is -2.69. The monoisotopic (exact) mass is 535 g/mol. The van der Waals surface area contributed by atoms with Gasteiger partial charge in [-0.05, 0) is 49.7 Å². The molecule has 0 spiro atoms. The fraction of sp³-hybridized carbons (Fsp3) is 0.654. The van der Waals surface area contributed by atoms with Crippen LogP contribution in [0.3, 0.4) is 0 Å². The lowest BCUT2D eigenvalue weighted by molar-refractivity contribution is -0.138. The quantitative estimate of drug-likeness (QED) is 0.342. The number of hydrogen-bond acceptors (Lipinski definition) is 7. The normalized spacial score (nSPS) is 23.9. The van der Waals surface area contributed by atoms with Crippen LogP contribution >= 0.6 is 0 Å². The van der Waals surface area contributed by atoms with E-state index in [-0.39, 0.29) is 42.4 Å². The molecule has 4 rings (SSSR count). The van der Waals surface area contributed by atoms with Gasteiger partial charge in [0.15, 0.2) is 0 Å². The van der Waals surface area contributed by atoms with E-state index in [1.165, 1.54) is 16.0 Å². The molecule has 1 atom stereocenters. The highest BCUT2D eigenvalue weighted by Crippen LogP contribution is 2.38. The number of carbonyl (C=O) groups excluding carboxylic acids is 2. The number of hydrogen-bond donors (Lipinski definition) is 2. The molecule has 2 N–H and O–H groups in total. The highest BCUT2D eigenvalue weighted by Gasteiger charge is 2.50. The van der Waals surface area contributed by atoms with Gasteiger partial charge in [-0.3, -0.25) is 14.9 Å². The number of piperidine rings is 2. The summed E-state index contributed by atoms with van der Waals surface area (Å²) in [6.45, 7) is 8.05. The molecule has 1 aromatic rings. The van der Waals surface area contributed by atoms with E-state index in [0.29, 0.717) is 32.2 Å². The van der Waals surface area contributed by atoms with Gasteiger partial charge < -0.3 is 14.4 Å². The molecule has 0 saturated carbocycles. The van der Waals surface area contributed by atoms with Crippen LogP contribution in [0.15, 0.2) is 24.3 Å². The third-order valence-electron chi connectivity index (χ3n) is 8.25. The van der Waals surface area contributed by atoms with Gasteiger partial charge in [0.2, 0.25) is 10.3 Å². The molecule has 3 aliphatic heterocycles. The number of hydroxylamine groups is 1. The van der Waals surface area contributed by atoms with E-state index in [1.807, 2.05) is 26.0 Å². The van der Waals surface area contributed by atoms with Crippen LogP contribution in [0.25, 0.3) is 0 Å². The Morgan fingerprint density at radius 2 is 1.73 bits per heavy atom. The van der Waals surface area contributed by atoms with E-state index in [1.54, 1.807) is 10.4 Å². The van der Waals surface area contributed by atoms with Gasteiger partial charge in [-0.2, -0.15) is 8.42 Å². The predicted octanol–water partition coefficient (Wildman–Crippen LogP) is 2.33. The summed E-state index contributed by atoms with van der Waals surface area (Å²) in [5.74, 6) is -0.465. The van der Waals surface area contributed by atoms with Crippen molar-refractivity contribution in [2.75, 3.05) is 39.4 Å². The van der Waals surface area contributed by atoms with E-state index in [2.05, 4.69) is 19.1 Å². The maximum absolute atomic E-state index is 13.0. The first-order valence-electron chi connectivity index (χ1n) is 12.8. The smallest absolute Gasteiger partial charge is 0.410 e. The van der Waals surface area contributed by atoms with Gasteiger partial charge in [0.1, 0.15) is 16.5 Å². The number of benzene rings is 1. The summed E-state index contributed by atoms with van der Waals surface area (Å²) >= 11 is 0. The number of rotatable bonds is 4. The van der Waals surface area contributed by atoms with Gasteiger partial charge in [-0.25, -0.2) is 10.3 Å². The summed E-state index contributed by atoms with van der Waals surface area (Å²) in [5.41, 5.74) is 2.40. The van der Waals surface area contributed by atoms with E-state index >= 15 is 0 Å². The molecule has 10 nitrogen and oxygen atoms in total. The van der Waals surface area contributed by atoms with Gasteiger partial charge in [0.25, 0.3) is 5.91 Å². The Morgan fingerprint density at radius 3 is 2.27 bits per heavy atom. The molecule has 204 valence electrons. The molecular weight excluding hydrogens is 498 g/mol. The second-order valence-corrected chi connectivity index (χ2v) is 11.9. The first-order valence-corrected chi connectivity index (χ1v) is 13.9. The van der Waals surface area contributed by atoms with Crippen LogP contribution in [-0.4, -0.2) is 85.9 Å². The lowest BCUT2D eigenvalue weighted by atomic mass is 9.76. The average Bonchev–Trinajstić information content (AvgIpc) is 3.21. The van der Waals surface area contributed by atoms with Crippen molar-refractivity contribution in [3.63, 3.8) is 0 Å². The van der Waals surface area contributed by atoms with Gasteiger partial charge in [-0.15, -0.1) is 0 Å². The zero-order chi connectivity index (χ0) is 26.8. The van der Waals surface area contributed by atoms with Gasteiger partial charge in [0.05, 0.1) is 13.2 Å². The largest absolute Gasteiger partial charge is 0.443 e. The second-order valence-electron chi connectivity index (χ2n) is 11.0. The van der Waals surface area contributed by atoms with Crippen molar-refractivity contribution in [2.24, 2.45) is 10.8 Å². The minimum absolute atomic E-state index is 0.0133. The van der Waals surface area contributed by atoms with Crippen molar-refractivity contribution in [3.05, 3.63) is 35.4 Å². The first kappa shape index (κ1) is 27.6. The molecule has 3 saturated heterocycles. The third kappa shape index (κ3) is 5.55. The molecule has 37 heavy (non-hydrogen) atoms. The minimum Gasteiger partial charge on any atom is -0.443 e. The van der Waals surface area contributed by atoms with Crippen molar-refractivity contribution in [1.29, 1.82) is 0 Å². The maximum Gasteiger partial charge on any atom is 0.410 e. The maximum atomic E-state index is 13.0. The summed E-state index contributed by atoms with van der Waals surface area (Å²) in [7, 11) is -2.69. The number of nitrogens with zero attached hydrogens (tertiary/aromatic N) is 2. The molecule has 1 unspecified atom stereocenters. The molecule has 1 aromatic carbocycles. The van der Waals surface area contributed by atoms with Crippen LogP contribution in [-0.2, 0) is 24.6 Å². The standard InChI is InChI=1S/C26H37N3O7S/c1-18-6-4-5-7-20(18)19-8-12-28(13-9-19)23(37(33)34)26(22(30)27-32)10-14-29(15-11-26)24(31)36-21-16-35-17-25(21,2)3/h4-7,19,21,32H,8-17H2,1-3H3,(H,27,30). The zero-order valence-electron chi connectivity index (χ0n) is 21.7. The Kier molecular flexibility index (Phi) is 8.27. The van der Waals surface area contributed by atoms with Gasteiger partial charge in [0, 0.05) is 31.6 Å². The average molecular weight is 536 g/mol. The van der Waals surface area contributed by atoms with Crippen LogP contribution in [0.2, 0.25) is 0 Å². The number of amides is 2. The predicted molar refractivity (Wildman–Crippen MR) is 137 cm³/mol. The molecule has 3 fully saturated rings. The Labute approximate surface area is 219 Å². The number of nitrogens with one attached hydrogen (secondary N) is 1. The van der Waals surface area contributed by atoms with Crippen LogP contribution < -0.4 is 5.48 Å². The summed E-state index contributed by atoms with van der Waals surface area (Å²) in [6.07, 6.45) is 0.726. The summed E-state index contributed by atoms with van der Waals surface area (Å²) in [6, 6.07) is 8.20. The highest BCUT2D eigenvalue weighted by molar-refractivity contribution is 7.73. The molecule has 3 aliphatic rings. The molecule has 0 bridgehead atoms. The summed E-state index contributed by atoms with van der Waals surface area (Å²) < 4.78 is 36.3. The van der Waals surface area contributed by atoms with Gasteiger partial charge in [-0.1, -0.05) is 38.1 Å². The molecular formula is C26H37N3O7S. The van der Waals surface area contributed by atoms with E-state index < -0.39 is 27.7 Å². The highest BCUT2D eigenvalue weighted by atomic mass is 32.2. The van der Waals surface area contributed by atoms with Crippen LogP contribution in [0.5, 0.6) is 0 Å². The Morgan fingerprint density at radius 1 is 1.08 bits per heavy atom. The van der Waals surface area contributed by atoms with E-state index in [9.17, 15) is 23.2 Å². The fourth-order valence-electron chi connectivity index (χ4n) is 5.86. The molecule has 2 amide bonds. The van der Waals surface area contributed by atoms with E-state index in [4.69, 9.17) is 9.47 Å². The van der Waals surface area contributed by atoms with Crippen molar-refractivity contribution in [2.45, 2.75) is 58.5 Å². The molecule has 0 aliphatic carbocycles. The summed E-state index contributed by atoms with van der Waals surface area (Å²) in [4.78, 5) is 29.1. The topological polar surface area (TPSA) is 125 Å². The molecule has 0 aromatic heterocycles. The summed E-state index contributed by atoms with van der Waals surface area (Å²) in [5, 5.41) is 9.57. The first-order chi connectivity index (χ1) is 17.6. The van der Waals surface area contributed by atoms with Crippen molar-refractivity contribution >= 4 is 27.3 Å². The number of likely N-dealkylation sites (tertiary alicyclic amines) is 2. The number of ether oxygens (including phenoxy) is 2. The third-order valence-corrected chi connectivity index (χ3v) is 9.21. The molecule has 11 heteroatoms. The van der Waals surface area contributed by atoms with Crippen molar-refractivity contribution in [3.8, 4) is 0 Å². The second kappa shape index (κ2) is 11.1. The Hall–Kier alpha value is -2.47. The Balaban J connectivity index is 1.48. The van der Waals surface area contributed by atoms with Crippen LogP contribution in [0, 0.1) is 17.8 Å². The van der Waals surface area contributed by atoms with Crippen molar-refractivity contribution in [1.82, 2.24) is 15.3 Å².